The molecular formula is C16H25N3O5. The van der Waals surface area contributed by atoms with Crippen molar-refractivity contribution in [2.75, 3.05) is 13.1 Å². The molecular weight excluding hydrogens is 314 g/mol. The van der Waals surface area contributed by atoms with Crippen LogP contribution in [0.15, 0.2) is 12.2 Å². The summed E-state index contributed by atoms with van der Waals surface area (Å²) in [4.78, 5) is 46.8. The van der Waals surface area contributed by atoms with Crippen molar-refractivity contribution in [1.29, 1.82) is 0 Å². The third-order valence-corrected chi connectivity index (χ3v) is 3.72. The van der Waals surface area contributed by atoms with Crippen LogP contribution in [0, 0.1) is 11.8 Å². The summed E-state index contributed by atoms with van der Waals surface area (Å²) in [6, 6.07) is 0. The molecule has 0 aromatic heterocycles. The van der Waals surface area contributed by atoms with Gasteiger partial charge in [0.2, 0.25) is 5.91 Å². The second-order valence-electron chi connectivity index (χ2n) is 6.40. The van der Waals surface area contributed by atoms with E-state index >= 15 is 0 Å². The molecule has 0 bridgehead atoms. The summed E-state index contributed by atoms with van der Waals surface area (Å²) in [5.74, 6) is 3.84. The quantitative estimate of drug-likeness (QED) is 0.259. The Balaban J connectivity index is 2.40. The largest absolute Gasteiger partial charge is 0.481 e. The van der Waals surface area contributed by atoms with Crippen molar-refractivity contribution in [2.45, 2.75) is 39.5 Å². The first kappa shape index (κ1) is 19.8. The Morgan fingerprint density at radius 1 is 1.25 bits per heavy atom. The summed E-state index contributed by atoms with van der Waals surface area (Å²) < 4.78 is 0. The van der Waals surface area contributed by atoms with Gasteiger partial charge in [-0.3, -0.25) is 29.1 Å². The smallest absolute Gasteiger partial charge is 0.303 e. The van der Waals surface area contributed by atoms with Gasteiger partial charge in [-0.15, -0.1) is 0 Å². The highest BCUT2D eigenvalue weighted by atomic mass is 16.4. The predicted octanol–water partition coefficient (Wildman–Crippen LogP) is 0.531. The Morgan fingerprint density at radius 3 is 2.33 bits per heavy atom. The van der Waals surface area contributed by atoms with Gasteiger partial charge in [-0.2, -0.15) is 0 Å². The second-order valence-corrected chi connectivity index (χ2v) is 6.40. The van der Waals surface area contributed by atoms with E-state index in [1.807, 2.05) is 13.8 Å². The summed E-state index contributed by atoms with van der Waals surface area (Å²) in [6.45, 7) is 4.30. The molecule has 24 heavy (non-hydrogen) atoms. The van der Waals surface area contributed by atoms with Gasteiger partial charge in [0.15, 0.2) is 0 Å². The van der Waals surface area contributed by atoms with Gasteiger partial charge in [-0.25, -0.2) is 5.84 Å². The molecule has 0 aromatic carbocycles. The average Bonchev–Trinajstić information content (AvgIpc) is 2.77. The Labute approximate surface area is 141 Å². The highest BCUT2D eigenvalue weighted by Gasteiger charge is 2.24. The Bertz CT molecular complexity index is 512. The summed E-state index contributed by atoms with van der Waals surface area (Å²) >= 11 is 0. The fraction of sp³-hybridized carbons (Fsp3) is 0.625. The van der Waals surface area contributed by atoms with Gasteiger partial charge in [0.05, 0.1) is 0 Å². The van der Waals surface area contributed by atoms with Crippen LogP contribution < -0.4 is 5.84 Å². The molecule has 0 radical (unpaired) electrons. The number of carbonyl (C=O) groups excluding carboxylic acids is 3. The molecule has 3 amide bonds. The van der Waals surface area contributed by atoms with E-state index in [2.05, 4.69) is 0 Å². The number of hydrazine groups is 1. The van der Waals surface area contributed by atoms with Crippen molar-refractivity contribution >= 4 is 23.7 Å². The molecule has 0 fully saturated rings. The maximum Gasteiger partial charge on any atom is 0.303 e. The monoisotopic (exact) mass is 339 g/mol. The first-order valence-corrected chi connectivity index (χ1v) is 8.01. The van der Waals surface area contributed by atoms with E-state index in [0.29, 0.717) is 18.8 Å². The van der Waals surface area contributed by atoms with Gasteiger partial charge in [0.1, 0.15) is 0 Å². The van der Waals surface area contributed by atoms with E-state index in [4.69, 9.17) is 10.9 Å². The van der Waals surface area contributed by atoms with Crippen LogP contribution >= 0.6 is 0 Å². The molecule has 8 heteroatoms. The van der Waals surface area contributed by atoms with Gasteiger partial charge in [0, 0.05) is 38.1 Å². The number of hydrogen-bond acceptors (Lipinski definition) is 5. The molecule has 0 spiro atoms. The zero-order valence-corrected chi connectivity index (χ0v) is 14.1. The number of nitrogens with two attached hydrogens (primary N) is 1. The topological polar surface area (TPSA) is 121 Å². The zero-order valence-electron chi connectivity index (χ0n) is 14.1. The lowest BCUT2D eigenvalue weighted by Crippen LogP contribution is -2.42. The van der Waals surface area contributed by atoms with Crippen molar-refractivity contribution in [3.8, 4) is 0 Å². The van der Waals surface area contributed by atoms with E-state index in [1.165, 1.54) is 12.2 Å². The van der Waals surface area contributed by atoms with Crippen LogP contribution in [0.25, 0.3) is 0 Å². The molecule has 1 rings (SSSR count). The minimum absolute atomic E-state index is 0.0401. The Morgan fingerprint density at radius 2 is 1.83 bits per heavy atom. The lowest BCUT2D eigenvalue weighted by Gasteiger charge is -2.24. The number of nitrogens with zero attached hydrogens (tertiary/aromatic N) is 2. The Kier molecular flexibility index (Phi) is 7.57. The van der Waals surface area contributed by atoms with Crippen LogP contribution in [0.5, 0.6) is 0 Å². The molecule has 3 N–H and O–H groups in total. The molecule has 1 heterocycles. The van der Waals surface area contributed by atoms with Crippen LogP contribution in [-0.2, 0) is 19.2 Å². The molecule has 1 unspecified atom stereocenters. The fourth-order valence-electron chi connectivity index (χ4n) is 2.70. The van der Waals surface area contributed by atoms with Gasteiger partial charge in [-0.05, 0) is 24.7 Å². The number of carboxylic acid groups (broad SMARTS) is 1. The van der Waals surface area contributed by atoms with Crippen LogP contribution in [0.2, 0.25) is 0 Å². The maximum absolute atomic E-state index is 12.0. The average molecular weight is 339 g/mol. The van der Waals surface area contributed by atoms with Gasteiger partial charge >= 0.3 is 5.97 Å². The molecule has 134 valence electrons. The summed E-state index contributed by atoms with van der Waals surface area (Å²) in [6.07, 6.45) is 3.43. The van der Waals surface area contributed by atoms with E-state index in [9.17, 15) is 19.2 Å². The van der Waals surface area contributed by atoms with E-state index < -0.39 is 5.97 Å². The SMILES string of the molecule is CC(C)CC(CC(=O)O)CN(N)C(=O)CCCN1C(=O)C=CC1=O. The molecule has 1 aliphatic rings. The number of rotatable bonds is 10. The second kappa shape index (κ2) is 9.17. The van der Waals surface area contributed by atoms with E-state index in [-0.39, 0.29) is 49.6 Å². The third kappa shape index (κ3) is 6.49. The van der Waals surface area contributed by atoms with Crippen LogP contribution in [0.4, 0.5) is 0 Å². The predicted molar refractivity (Wildman–Crippen MR) is 86.2 cm³/mol. The van der Waals surface area contributed by atoms with Crippen LogP contribution in [0.1, 0.15) is 39.5 Å². The molecule has 0 aliphatic carbocycles. The molecule has 0 aromatic rings. The number of amides is 3. The first-order chi connectivity index (χ1) is 11.2. The number of hydrogen-bond donors (Lipinski definition) is 2. The third-order valence-electron chi connectivity index (χ3n) is 3.72. The number of carbonyl (C=O) groups is 4. The lowest BCUT2D eigenvalue weighted by molar-refractivity contribution is -0.140. The Hall–Kier alpha value is -2.22. The highest BCUT2D eigenvalue weighted by molar-refractivity contribution is 6.12. The van der Waals surface area contributed by atoms with E-state index in [1.54, 1.807) is 0 Å². The molecule has 1 atom stereocenters. The van der Waals surface area contributed by atoms with Gasteiger partial charge < -0.3 is 5.11 Å². The fourth-order valence-corrected chi connectivity index (χ4v) is 2.70. The van der Waals surface area contributed by atoms with E-state index in [0.717, 1.165) is 9.91 Å². The van der Waals surface area contributed by atoms with Crippen LogP contribution in [0.3, 0.4) is 0 Å². The maximum atomic E-state index is 12.0. The summed E-state index contributed by atoms with van der Waals surface area (Å²) in [5, 5.41) is 9.98. The zero-order chi connectivity index (χ0) is 18.3. The van der Waals surface area contributed by atoms with Crippen LogP contribution in [-0.4, -0.2) is 51.8 Å². The molecule has 8 nitrogen and oxygen atoms in total. The van der Waals surface area contributed by atoms with Crippen molar-refractivity contribution in [1.82, 2.24) is 9.91 Å². The van der Waals surface area contributed by atoms with Crippen molar-refractivity contribution in [2.24, 2.45) is 17.7 Å². The first-order valence-electron chi connectivity index (χ1n) is 8.01. The highest BCUT2D eigenvalue weighted by Crippen LogP contribution is 2.17. The van der Waals surface area contributed by atoms with Gasteiger partial charge in [-0.1, -0.05) is 13.8 Å². The molecule has 1 aliphatic heterocycles. The summed E-state index contributed by atoms with van der Waals surface area (Å²) in [7, 11) is 0. The van der Waals surface area contributed by atoms with Crippen molar-refractivity contribution in [3.63, 3.8) is 0 Å². The minimum atomic E-state index is -0.917. The van der Waals surface area contributed by atoms with Crippen molar-refractivity contribution < 1.29 is 24.3 Å². The number of carboxylic acids is 1. The minimum Gasteiger partial charge on any atom is -0.481 e. The summed E-state index contributed by atoms with van der Waals surface area (Å²) in [5.41, 5.74) is 0. The molecule has 0 saturated carbocycles. The normalized spacial score (nSPS) is 15.2. The lowest BCUT2D eigenvalue weighted by atomic mass is 9.94. The standard InChI is InChI=1S/C16H25N3O5/c1-11(2)8-12(9-16(23)24)10-19(17)15(22)4-3-7-18-13(20)5-6-14(18)21/h5-6,11-12H,3-4,7-10,17H2,1-2H3,(H,23,24). The number of aliphatic carboxylic acids is 1. The molecule has 0 saturated heterocycles. The van der Waals surface area contributed by atoms with Gasteiger partial charge in [0.25, 0.3) is 11.8 Å². The van der Waals surface area contributed by atoms with Crippen molar-refractivity contribution in [3.05, 3.63) is 12.2 Å². The number of imide groups is 1.